The highest BCUT2D eigenvalue weighted by Gasteiger charge is 2.39. The molecule has 0 spiro atoms. The predicted octanol–water partition coefficient (Wildman–Crippen LogP) is 6.40. The number of anilines is 2. The van der Waals surface area contributed by atoms with Gasteiger partial charge in [-0.15, -0.1) is 11.3 Å². The summed E-state index contributed by atoms with van der Waals surface area (Å²) in [6.07, 6.45) is 0.138. The number of benzene rings is 3. The van der Waals surface area contributed by atoms with Gasteiger partial charge in [-0.2, -0.15) is 0 Å². The van der Waals surface area contributed by atoms with Gasteiger partial charge in [-0.05, 0) is 62.2 Å². The Morgan fingerprint density at radius 1 is 0.976 bits per heavy atom. The molecular weight excluding hydrogens is 552 g/mol. The van der Waals surface area contributed by atoms with Gasteiger partial charge in [0.2, 0.25) is 0 Å². The number of ether oxygens (including phenoxy) is 3. The monoisotopic (exact) mass is 584 g/mol. The van der Waals surface area contributed by atoms with E-state index < -0.39 is 17.5 Å². The fraction of sp³-hybridized carbons (Fsp3) is 0.242. The van der Waals surface area contributed by atoms with Crippen LogP contribution in [0.2, 0.25) is 0 Å². The van der Waals surface area contributed by atoms with Gasteiger partial charge in [0, 0.05) is 29.1 Å². The third kappa shape index (κ3) is 5.87. The van der Waals surface area contributed by atoms with Gasteiger partial charge in [-0.25, -0.2) is 4.79 Å². The lowest BCUT2D eigenvalue weighted by Crippen LogP contribution is -2.52. The average Bonchev–Trinajstić information content (AvgIpc) is 3.41. The molecule has 4 aromatic rings. The van der Waals surface area contributed by atoms with Gasteiger partial charge >= 0.3 is 11.9 Å². The first-order valence-corrected chi connectivity index (χ1v) is 14.3. The molecule has 0 aliphatic carbocycles. The second kappa shape index (κ2) is 11.7. The van der Waals surface area contributed by atoms with Crippen molar-refractivity contribution >= 4 is 40.6 Å². The van der Waals surface area contributed by atoms with Gasteiger partial charge < -0.3 is 24.4 Å². The Morgan fingerprint density at radius 3 is 2.40 bits per heavy atom. The van der Waals surface area contributed by atoms with Crippen LogP contribution >= 0.6 is 11.3 Å². The number of amides is 1. The molecule has 8 nitrogen and oxygen atoms in total. The van der Waals surface area contributed by atoms with Gasteiger partial charge in [-0.1, -0.05) is 36.4 Å². The van der Waals surface area contributed by atoms with Crippen molar-refractivity contribution < 1.29 is 28.6 Å². The molecular formula is C33H32N2O6S. The van der Waals surface area contributed by atoms with Crippen molar-refractivity contribution in [2.24, 2.45) is 0 Å². The summed E-state index contributed by atoms with van der Waals surface area (Å²) in [5.41, 5.74) is 3.44. The molecule has 0 unspecified atom stereocenters. The van der Waals surface area contributed by atoms with Crippen molar-refractivity contribution in [3.05, 3.63) is 93.7 Å². The lowest BCUT2D eigenvalue weighted by molar-refractivity contribution is -0.133. The SMILES string of the molecule is COc1cc(OC(=O)Cc2ccccc2)ccc1-c1ccc2c(c1COC(=O)c1ccc(C)s1)N(C)C(=O)C(C)(C)N2. The van der Waals surface area contributed by atoms with E-state index in [1.807, 2.05) is 69.3 Å². The molecule has 1 aliphatic heterocycles. The van der Waals surface area contributed by atoms with Crippen LogP contribution < -0.4 is 19.7 Å². The summed E-state index contributed by atoms with van der Waals surface area (Å²) in [5, 5.41) is 3.32. The van der Waals surface area contributed by atoms with Crippen molar-refractivity contribution in [2.75, 3.05) is 24.4 Å². The van der Waals surface area contributed by atoms with E-state index in [1.165, 1.54) is 18.4 Å². The lowest BCUT2D eigenvalue weighted by Gasteiger charge is -2.39. The molecule has 1 aliphatic rings. The molecule has 3 aromatic carbocycles. The minimum absolute atomic E-state index is 0.0784. The maximum absolute atomic E-state index is 13.3. The molecule has 0 fully saturated rings. The predicted molar refractivity (Wildman–Crippen MR) is 163 cm³/mol. The zero-order chi connectivity index (χ0) is 30.0. The Morgan fingerprint density at radius 2 is 1.71 bits per heavy atom. The summed E-state index contributed by atoms with van der Waals surface area (Å²) in [4.78, 5) is 41.9. The molecule has 2 heterocycles. The quantitative estimate of drug-likeness (QED) is 0.189. The van der Waals surface area contributed by atoms with E-state index in [-0.39, 0.29) is 18.9 Å². The number of thiophene rings is 1. The van der Waals surface area contributed by atoms with Crippen molar-refractivity contribution in [2.45, 2.75) is 39.3 Å². The van der Waals surface area contributed by atoms with E-state index in [9.17, 15) is 14.4 Å². The average molecular weight is 585 g/mol. The number of aryl methyl sites for hydroxylation is 1. The summed E-state index contributed by atoms with van der Waals surface area (Å²) in [6, 6.07) is 21.9. The number of hydrogen-bond acceptors (Lipinski definition) is 8. The van der Waals surface area contributed by atoms with Crippen LogP contribution in [-0.4, -0.2) is 37.5 Å². The van der Waals surface area contributed by atoms with E-state index in [0.29, 0.717) is 38.8 Å². The van der Waals surface area contributed by atoms with Crippen LogP contribution in [0.15, 0.2) is 72.8 Å². The third-order valence-corrected chi connectivity index (χ3v) is 8.06. The molecule has 216 valence electrons. The highest BCUT2D eigenvalue weighted by atomic mass is 32.1. The highest BCUT2D eigenvalue weighted by Crippen LogP contribution is 2.45. The molecule has 0 bridgehead atoms. The lowest BCUT2D eigenvalue weighted by atomic mass is 9.91. The van der Waals surface area contributed by atoms with E-state index >= 15 is 0 Å². The molecule has 0 radical (unpaired) electrons. The Hall–Kier alpha value is -4.63. The number of fused-ring (bicyclic) bond motifs is 1. The standard InChI is InChI=1S/C33H32N2O6S/c1-20-11-16-28(42-20)31(37)40-19-25-23(14-15-26-30(25)35(4)32(38)33(2,3)34-26)24-13-12-22(18-27(24)39-5)41-29(36)17-21-9-7-6-8-10-21/h6-16,18,34H,17,19H2,1-5H3. The normalized spacial score (nSPS) is 13.6. The van der Waals surface area contributed by atoms with E-state index in [0.717, 1.165) is 16.1 Å². The summed E-state index contributed by atoms with van der Waals surface area (Å²) >= 11 is 1.36. The first kappa shape index (κ1) is 28.9. The van der Waals surface area contributed by atoms with Crippen LogP contribution in [0.1, 0.15) is 39.5 Å². The van der Waals surface area contributed by atoms with Gasteiger partial charge in [-0.3, -0.25) is 9.59 Å². The van der Waals surface area contributed by atoms with Gasteiger partial charge in [0.05, 0.1) is 24.9 Å². The van der Waals surface area contributed by atoms with Gasteiger partial charge in [0.1, 0.15) is 28.5 Å². The van der Waals surface area contributed by atoms with Gasteiger partial charge in [0.25, 0.3) is 5.91 Å². The summed E-state index contributed by atoms with van der Waals surface area (Å²) in [5.74, 6) is -0.163. The second-order valence-corrected chi connectivity index (χ2v) is 11.9. The van der Waals surface area contributed by atoms with Crippen molar-refractivity contribution in [3.63, 3.8) is 0 Å². The number of likely N-dealkylation sites (N-methyl/N-ethyl adjacent to an activating group) is 1. The Balaban J connectivity index is 1.51. The van der Waals surface area contributed by atoms with Crippen LogP contribution in [0.4, 0.5) is 11.4 Å². The Kier molecular flexibility index (Phi) is 8.04. The van der Waals surface area contributed by atoms with Crippen LogP contribution in [0, 0.1) is 6.92 Å². The molecule has 0 saturated heterocycles. The maximum Gasteiger partial charge on any atom is 0.348 e. The molecule has 1 aromatic heterocycles. The third-order valence-electron chi connectivity index (χ3n) is 7.08. The largest absolute Gasteiger partial charge is 0.496 e. The fourth-order valence-electron chi connectivity index (χ4n) is 5.07. The molecule has 1 amide bonds. The number of methoxy groups -OCH3 is 1. The van der Waals surface area contributed by atoms with Crippen LogP contribution in [-0.2, 0) is 27.4 Å². The molecule has 1 N–H and O–H groups in total. The minimum Gasteiger partial charge on any atom is -0.496 e. The molecule has 5 rings (SSSR count). The molecule has 9 heteroatoms. The fourth-order valence-corrected chi connectivity index (χ4v) is 5.83. The van der Waals surface area contributed by atoms with E-state index in [2.05, 4.69) is 5.32 Å². The summed E-state index contributed by atoms with van der Waals surface area (Å²) in [7, 11) is 3.25. The number of nitrogens with one attached hydrogen (secondary N) is 1. The van der Waals surface area contributed by atoms with Crippen LogP contribution in [0.25, 0.3) is 11.1 Å². The Labute approximate surface area is 248 Å². The number of carbonyl (C=O) groups is 3. The number of nitrogens with zero attached hydrogens (tertiary/aromatic N) is 1. The van der Waals surface area contributed by atoms with Crippen molar-refractivity contribution in [1.82, 2.24) is 0 Å². The number of hydrogen-bond donors (Lipinski definition) is 1. The maximum atomic E-state index is 13.3. The van der Waals surface area contributed by atoms with E-state index in [4.69, 9.17) is 14.2 Å². The zero-order valence-corrected chi connectivity index (χ0v) is 25.0. The smallest absolute Gasteiger partial charge is 0.348 e. The van der Waals surface area contributed by atoms with Crippen molar-refractivity contribution in [1.29, 1.82) is 0 Å². The summed E-state index contributed by atoms with van der Waals surface area (Å²) in [6.45, 7) is 5.49. The first-order valence-electron chi connectivity index (χ1n) is 13.5. The number of esters is 2. The van der Waals surface area contributed by atoms with Gasteiger partial charge in [0.15, 0.2) is 0 Å². The molecule has 0 atom stereocenters. The number of carbonyl (C=O) groups excluding carboxylic acids is 3. The Bertz CT molecular complexity index is 1660. The molecule has 42 heavy (non-hydrogen) atoms. The minimum atomic E-state index is -0.811. The first-order chi connectivity index (χ1) is 20.1. The highest BCUT2D eigenvalue weighted by molar-refractivity contribution is 7.13. The van der Waals surface area contributed by atoms with E-state index in [1.54, 1.807) is 36.2 Å². The van der Waals surface area contributed by atoms with Crippen molar-refractivity contribution in [3.8, 4) is 22.6 Å². The van der Waals surface area contributed by atoms with Crippen LogP contribution in [0.3, 0.4) is 0 Å². The van der Waals surface area contributed by atoms with Crippen LogP contribution in [0.5, 0.6) is 11.5 Å². The zero-order valence-electron chi connectivity index (χ0n) is 24.1. The number of rotatable bonds is 8. The topological polar surface area (TPSA) is 94.2 Å². The summed E-state index contributed by atoms with van der Waals surface area (Å²) < 4.78 is 17.1. The second-order valence-electron chi connectivity index (χ2n) is 10.6. The molecule has 0 saturated carbocycles.